The largest absolute Gasteiger partial charge is 0.381 e. The van der Waals surface area contributed by atoms with Crippen LogP contribution >= 0.6 is 15.9 Å². The number of aromatic nitrogens is 1. The molecule has 1 heterocycles. The maximum atomic E-state index is 13.4. The molecule has 3 rings (SSSR count). The third-order valence-electron chi connectivity index (χ3n) is 3.04. The van der Waals surface area contributed by atoms with E-state index in [1.54, 1.807) is 6.07 Å². The maximum absolute atomic E-state index is 13.4. The predicted octanol–water partition coefficient (Wildman–Crippen LogP) is 4.68. The highest BCUT2D eigenvalue weighted by Crippen LogP contribution is 2.20. The number of fused-ring (bicyclic) bond motifs is 1. The summed E-state index contributed by atoms with van der Waals surface area (Å²) in [5.41, 5.74) is 3.03. The second kappa shape index (κ2) is 5.05. The van der Waals surface area contributed by atoms with E-state index in [9.17, 15) is 4.39 Å². The number of hydrogen-bond acceptors (Lipinski definition) is 1. The lowest BCUT2D eigenvalue weighted by Crippen LogP contribution is -1.99. The summed E-state index contributed by atoms with van der Waals surface area (Å²) in [5, 5.41) is 4.40. The van der Waals surface area contributed by atoms with Crippen molar-refractivity contribution in [2.45, 2.75) is 6.54 Å². The number of H-pyrrole nitrogens is 1. The average Bonchev–Trinajstić information content (AvgIpc) is 2.87. The molecule has 3 aromatic rings. The molecule has 1 aromatic heterocycles. The highest BCUT2D eigenvalue weighted by atomic mass is 79.9. The first-order valence-electron chi connectivity index (χ1n) is 5.97. The quantitative estimate of drug-likeness (QED) is 0.721. The van der Waals surface area contributed by atoms with E-state index in [-0.39, 0.29) is 5.82 Å². The topological polar surface area (TPSA) is 27.8 Å². The third-order valence-corrected chi connectivity index (χ3v) is 3.68. The molecule has 0 spiro atoms. The first-order valence-corrected chi connectivity index (χ1v) is 6.76. The van der Waals surface area contributed by atoms with Crippen molar-refractivity contribution in [2.24, 2.45) is 0 Å². The SMILES string of the molecule is Fc1cc(NCc2ccc3cc[nH]c3c2)ccc1Br. The summed E-state index contributed by atoms with van der Waals surface area (Å²) < 4.78 is 13.9. The molecule has 0 bridgehead atoms. The molecule has 0 aliphatic heterocycles. The van der Waals surface area contributed by atoms with Gasteiger partial charge in [-0.1, -0.05) is 12.1 Å². The van der Waals surface area contributed by atoms with Gasteiger partial charge < -0.3 is 10.3 Å². The fourth-order valence-corrected chi connectivity index (χ4v) is 2.26. The zero-order chi connectivity index (χ0) is 13.2. The Kier molecular flexibility index (Phi) is 3.25. The van der Waals surface area contributed by atoms with Crippen molar-refractivity contribution < 1.29 is 4.39 Å². The molecule has 0 aliphatic carbocycles. The van der Waals surface area contributed by atoms with E-state index in [1.807, 2.05) is 18.3 Å². The summed E-state index contributed by atoms with van der Waals surface area (Å²) in [6.45, 7) is 0.663. The molecule has 0 fully saturated rings. The monoisotopic (exact) mass is 318 g/mol. The normalized spacial score (nSPS) is 10.8. The van der Waals surface area contributed by atoms with Gasteiger partial charge in [0.15, 0.2) is 0 Å². The highest BCUT2D eigenvalue weighted by Gasteiger charge is 2.01. The van der Waals surface area contributed by atoms with Gasteiger partial charge in [0.25, 0.3) is 0 Å². The zero-order valence-electron chi connectivity index (χ0n) is 10.1. The Bertz CT molecular complexity index is 721. The Morgan fingerprint density at radius 3 is 2.84 bits per heavy atom. The number of rotatable bonds is 3. The van der Waals surface area contributed by atoms with E-state index in [2.05, 4.69) is 44.4 Å². The molecule has 0 atom stereocenters. The van der Waals surface area contributed by atoms with Crippen molar-refractivity contribution >= 4 is 32.5 Å². The van der Waals surface area contributed by atoms with Gasteiger partial charge >= 0.3 is 0 Å². The van der Waals surface area contributed by atoms with Gasteiger partial charge in [-0.3, -0.25) is 0 Å². The Balaban J connectivity index is 1.75. The van der Waals surface area contributed by atoms with Crippen LogP contribution in [-0.4, -0.2) is 4.98 Å². The van der Waals surface area contributed by atoms with Crippen LogP contribution in [0, 0.1) is 5.82 Å². The van der Waals surface area contributed by atoms with E-state index in [4.69, 9.17) is 0 Å². The molecule has 0 saturated carbocycles. The summed E-state index contributed by atoms with van der Waals surface area (Å²) in [7, 11) is 0. The van der Waals surface area contributed by atoms with Gasteiger partial charge in [-0.25, -0.2) is 4.39 Å². The Labute approximate surface area is 118 Å². The molecule has 4 heteroatoms. The Morgan fingerprint density at radius 2 is 2.00 bits per heavy atom. The number of benzene rings is 2. The summed E-state index contributed by atoms with van der Waals surface area (Å²) in [4.78, 5) is 3.18. The van der Waals surface area contributed by atoms with Gasteiger partial charge in [0.1, 0.15) is 5.82 Å². The van der Waals surface area contributed by atoms with Crippen molar-refractivity contribution in [3.8, 4) is 0 Å². The van der Waals surface area contributed by atoms with Crippen molar-refractivity contribution in [2.75, 3.05) is 5.32 Å². The molecule has 96 valence electrons. The van der Waals surface area contributed by atoms with Crippen LogP contribution in [0.1, 0.15) is 5.56 Å². The van der Waals surface area contributed by atoms with E-state index in [0.29, 0.717) is 11.0 Å². The molecule has 2 nitrogen and oxygen atoms in total. The van der Waals surface area contributed by atoms with Crippen LogP contribution in [0.5, 0.6) is 0 Å². The summed E-state index contributed by atoms with van der Waals surface area (Å²) >= 11 is 3.14. The van der Waals surface area contributed by atoms with Gasteiger partial charge in [0.05, 0.1) is 4.47 Å². The van der Waals surface area contributed by atoms with E-state index in [1.165, 1.54) is 11.5 Å². The lowest BCUT2D eigenvalue weighted by molar-refractivity contribution is 0.621. The summed E-state index contributed by atoms with van der Waals surface area (Å²) in [6.07, 6.45) is 1.92. The molecule has 0 unspecified atom stereocenters. The van der Waals surface area contributed by atoms with Gasteiger partial charge in [-0.05, 0) is 57.2 Å². The maximum Gasteiger partial charge on any atom is 0.139 e. The van der Waals surface area contributed by atoms with Crippen LogP contribution in [0.25, 0.3) is 10.9 Å². The Morgan fingerprint density at radius 1 is 1.11 bits per heavy atom. The minimum atomic E-state index is -0.259. The van der Waals surface area contributed by atoms with Gasteiger partial charge in [-0.15, -0.1) is 0 Å². The highest BCUT2D eigenvalue weighted by molar-refractivity contribution is 9.10. The third kappa shape index (κ3) is 2.63. The molecular formula is C15H12BrFN2. The molecule has 0 aliphatic rings. The fourth-order valence-electron chi connectivity index (χ4n) is 2.02. The average molecular weight is 319 g/mol. The van der Waals surface area contributed by atoms with Gasteiger partial charge in [0, 0.05) is 23.9 Å². The van der Waals surface area contributed by atoms with Crippen LogP contribution in [-0.2, 0) is 6.54 Å². The minimum absolute atomic E-state index is 0.259. The molecule has 0 radical (unpaired) electrons. The van der Waals surface area contributed by atoms with Crippen LogP contribution in [0.2, 0.25) is 0 Å². The lowest BCUT2D eigenvalue weighted by Gasteiger charge is -2.07. The predicted molar refractivity (Wildman–Crippen MR) is 79.7 cm³/mol. The van der Waals surface area contributed by atoms with Gasteiger partial charge in [-0.2, -0.15) is 0 Å². The second-order valence-electron chi connectivity index (χ2n) is 4.38. The fraction of sp³-hybridized carbons (Fsp3) is 0.0667. The molecule has 2 N–H and O–H groups in total. The van der Waals surface area contributed by atoms with Crippen LogP contribution in [0.15, 0.2) is 53.1 Å². The Hall–Kier alpha value is -1.81. The van der Waals surface area contributed by atoms with Crippen molar-refractivity contribution in [1.29, 1.82) is 0 Å². The first-order chi connectivity index (χ1) is 9.22. The smallest absolute Gasteiger partial charge is 0.139 e. The second-order valence-corrected chi connectivity index (χ2v) is 5.24. The molecule has 0 amide bonds. The molecular weight excluding hydrogens is 307 g/mol. The minimum Gasteiger partial charge on any atom is -0.381 e. The van der Waals surface area contributed by atoms with Crippen molar-refractivity contribution in [3.63, 3.8) is 0 Å². The van der Waals surface area contributed by atoms with E-state index >= 15 is 0 Å². The van der Waals surface area contributed by atoms with Crippen molar-refractivity contribution in [3.05, 3.63) is 64.5 Å². The standard InChI is InChI=1S/C15H12BrFN2/c16-13-4-3-12(8-14(13)17)19-9-10-1-2-11-5-6-18-15(11)7-10/h1-8,18-19H,9H2. The lowest BCUT2D eigenvalue weighted by atomic mass is 10.1. The molecule has 0 saturated heterocycles. The van der Waals surface area contributed by atoms with Gasteiger partial charge in [0.2, 0.25) is 0 Å². The summed E-state index contributed by atoms with van der Waals surface area (Å²) in [5.74, 6) is -0.259. The zero-order valence-corrected chi connectivity index (χ0v) is 11.7. The van der Waals surface area contributed by atoms with Crippen LogP contribution in [0.4, 0.5) is 10.1 Å². The summed E-state index contributed by atoms with van der Waals surface area (Å²) in [6, 6.07) is 13.3. The molecule has 19 heavy (non-hydrogen) atoms. The number of nitrogens with one attached hydrogen (secondary N) is 2. The number of hydrogen-bond donors (Lipinski definition) is 2. The number of anilines is 1. The van der Waals surface area contributed by atoms with E-state index < -0.39 is 0 Å². The van der Waals surface area contributed by atoms with Crippen LogP contribution < -0.4 is 5.32 Å². The number of halogens is 2. The van der Waals surface area contributed by atoms with Crippen molar-refractivity contribution in [1.82, 2.24) is 4.98 Å². The first kappa shape index (κ1) is 12.2. The molecule has 2 aromatic carbocycles. The van der Waals surface area contributed by atoms with E-state index in [0.717, 1.165) is 16.8 Å². The number of aromatic amines is 1. The van der Waals surface area contributed by atoms with Crippen LogP contribution in [0.3, 0.4) is 0 Å².